The molecule has 56 heavy (non-hydrogen) atoms. The second kappa shape index (κ2) is 16.1. The molecule has 4 aromatic heterocycles. The van der Waals surface area contributed by atoms with Gasteiger partial charge in [-0.2, -0.15) is 0 Å². The number of hydrogen-bond donors (Lipinski definition) is 0. The van der Waals surface area contributed by atoms with Crippen LogP contribution in [0.4, 0.5) is 0 Å². The first kappa shape index (κ1) is 34.1. The first-order valence-corrected chi connectivity index (χ1v) is 25.8. The van der Waals surface area contributed by atoms with Crippen LogP contribution in [0.2, 0.25) is 17.3 Å². The monoisotopic (exact) mass is 975 g/mol. The summed E-state index contributed by atoms with van der Waals surface area (Å²) >= 11 is -2.14. The molecule has 0 aliphatic rings. The fourth-order valence-electron chi connectivity index (χ4n) is 6.97. The van der Waals surface area contributed by atoms with Gasteiger partial charge in [0.2, 0.25) is 5.71 Å². The van der Waals surface area contributed by atoms with E-state index in [1.807, 2.05) is 75.5 Å². The minimum atomic E-state index is -2.14. The molecule has 281 valence electrons. The largest absolute Gasteiger partial charge is 0 e. The number of para-hydroxylation sites is 2. The van der Waals surface area contributed by atoms with Crippen molar-refractivity contribution in [3.8, 4) is 39.5 Å². The van der Waals surface area contributed by atoms with Crippen molar-refractivity contribution in [2.45, 2.75) is 50.8 Å². The van der Waals surface area contributed by atoms with Crippen molar-refractivity contribution in [1.29, 1.82) is 0 Å². The number of imidazole rings is 1. The van der Waals surface area contributed by atoms with Crippen molar-refractivity contribution in [3.63, 3.8) is 0 Å². The molecule has 0 fully saturated rings. The maximum atomic E-state index is 8.49. The molecule has 0 unspecified atom stereocenters. The topological polar surface area (TPSA) is 56.7 Å². The summed E-state index contributed by atoms with van der Waals surface area (Å²) in [5.41, 5.74) is 11.2. The van der Waals surface area contributed by atoms with E-state index in [0.29, 0.717) is 5.71 Å². The van der Waals surface area contributed by atoms with Gasteiger partial charge in [-0.25, -0.2) is 4.98 Å². The summed E-state index contributed by atoms with van der Waals surface area (Å²) < 4.78 is 40.5. The number of nitrogens with zero attached hydrogens (tertiary/aromatic N) is 4. The van der Waals surface area contributed by atoms with Crippen LogP contribution in [0, 0.1) is 25.9 Å². The van der Waals surface area contributed by atoms with Crippen LogP contribution in [0.15, 0.2) is 138 Å². The zero-order valence-corrected chi connectivity index (χ0v) is 36.7. The molecular weight excluding hydrogens is 925 g/mol. The Hall–Kier alpha value is -5.14. The molecule has 5 aromatic carbocycles. The molecule has 0 aliphatic carbocycles. The number of hydrogen-bond acceptors (Lipinski definition) is 4. The predicted octanol–water partition coefficient (Wildman–Crippen LogP) is 12.3. The molecule has 0 spiro atoms. The Kier molecular flexibility index (Phi) is 9.84. The van der Waals surface area contributed by atoms with Crippen LogP contribution in [-0.4, -0.2) is 32.8 Å². The summed E-state index contributed by atoms with van der Waals surface area (Å²) in [5.74, 6) is 6.97. The molecule has 7 heteroatoms. The van der Waals surface area contributed by atoms with Gasteiger partial charge in [0.25, 0.3) is 0 Å². The van der Waals surface area contributed by atoms with Gasteiger partial charge >= 0.3 is 131 Å². The maximum Gasteiger partial charge on any atom is 0 e. The first-order valence-electron chi connectivity index (χ1n) is 20.4. The molecule has 0 saturated carbocycles. The van der Waals surface area contributed by atoms with E-state index >= 15 is 0 Å². The average Bonchev–Trinajstić information content (AvgIpc) is 3.79. The molecule has 0 amide bonds. The number of rotatable bonds is 6. The van der Waals surface area contributed by atoms with Gasteiger partial charge in [0.1, 0.15) is 0 Å². The average molecular weight is 974 g/mol. The molecule has 9 aromatic rings. The van der Waals surface area contributed by atoms with Gasteiger partial charge in [-0.1, -0.05) is 65.5 Å². The number of aromatic nitrogens is 4. The SMILES string of the molecule is Cc1ccc2c(n1)oc1c(-c3nc4ccccc4n3-c3ccc(-c4ccccc4)cc3)[c-]ccc12.[2H]C([2H])([2H])c1c[c-]c(-c2cc(C([2H])(C)C)[c]([Ge]([CH3])([CH3])[CH3])cn2)cc1.[Ir]. The quantitative estimate of drug-likeness (QED) is 0.123. The van der Waals surface area contributed by atoms with Crippen LogP contribution in [0.3, 0.4) is 0 Å². The van der Waals surface area contributed by atoms with Crippen molar-refractivity contribution in [2.75, 3.05) is 0 Å². The second-order valence-electron chi connectivity index (χ2n) is 15.0. The van der Waals surface area contributed by atoms with Crippen LogP contribution < -0.4 is 4.40 Å². The van der Waals surface area contributed by atoms with Gasteiger partial charge in [-0.05, 0) is 54.4 Å². The molecule has 4 heterocycles. The molecule has 1 radical (unpaired) electrons. The van der Waals surface area contributed by atoms with E-state index in [0.717, 1.165) is 67.0 Å². The van der Waals surface area contributed by atoms with E-state index in [9.17, 15) is 0 Å². The van der Waals surface area contributed by atoms with Gasteiger partial charge < -0.3 is 8.98 Å². The molecule has 0 N–H and O–H groups in total. The number of fused-ring (bicyclic) bond motifs is 4. The third kappa shape index (κ3) is 7.79. The molecule has 0 atom stereocenters. The van der Waals surface area contributed by atoms with Crippen LogP contribution in [-0.2, 0) is 20.1 Å². The Labute approximate surface area is 351 Å². The Morgan fingerprint density at radius 1 is 0.804 bits per heavy atom. The number of benzene rings is 5. The van der Waals surface area contributed by atoms with Crippen molar-refractivity contribution in [3.05, 3.63) is 163 Å². The van der Waals surface area contributed by atoms with E-state index in [1.54, 1.807) is 12.1 Å². The summed E-state index contributed by atoms with van der Waals surface area (Å²) in [6, 6.07) is 48.5. The third-order valence-corrected chi connectivity index (χ3v) is 14.0. The van der Waals surface area contributed by atoms with Crippen LogP contribution in [0.1, 0.15) is 42.0 Å². The summed E-state index contributed by atoms with van der Waals surface area (Å²) in [5, 5.41) is 2.01. The zero-order valence-electron chi connectivity index (χ0n) is 36.2. The first-order chi connectivity index (χ1) is 28.1. The number of furan rings is 1. The normalized spacial score (nSPS) is 13.0. The Bertz CT molecular complexity index is 2950. The molecule has 0 aliphatic heterocycles. The smallest absolute Gasteiger partial charge is 0 e. The fourth-order valence-corrected chi connectivity index (χ4v) is 10.3. The molecule has 0 bridgehead atoms. The van der Waals surface area contributed by atoms with Gasteiger partial charge in [0.05, 0.1) is 22.4 Å². The summed E-state index contributed by atoms with van der Waals surface area (Å²) in [6.45, 7) is 3.63. The van der Waals surface area contributed by atoms with Gasteiger partial charge in [0.15, 0.2) is 0 Å². The summed E-state index contributed by atoms with van der Waals surface area (Å²) in [4.78, 5) is 14.2. The second-order valence-corrected chi connectivity index (χ2v) is 25.6. The standard InChI is InChI=1S/C31H20N3O.C18H24GeN.Ir/c1-20-14-19-25-24-10-7-11-26(29(24)35-31(25)32-20)30-33-27-12-5-6-13-28(27)34(30)23-17-15-22(16-18-23)21-8-3-2-4-9-21;1-13(2)16-11-18(15-9-7-14(3)8-10-15)20-12-17(16)19(4,5)6;/h2-10,12-19H,1H3;7-9,11-13H,1-6H3;/q2*-1;/i;3D3,13D;. The number of pyridine rings is 2. The van der Waals surface area contributed by atoms with E-state index in [2.05, 4.69) is 105 Å². The minimum Gasteiger partial charge on any atom is 0 e. The molecule has 5 nitrogen and oxygen atoms in total. The van der Waals surface area contributed by atoms with E-state index in [1.165, 1.54) is 21.6 Å². The van der Waals surface area contributed by atoms with Gasteiger partial charge in [0, 0.05) is 36.9 Å². The van der Waals surface area contributed by atoms with Crippen molar-refractivity contribution in [2.24, 2.45) is 0 Å². The van der Waals surface area contributed by atoms with E-state index in [-0.39, 0.29) is 25.7 Å². The summed E-state index contributed by atoms with van der Waals surface area (Å²) in [7, 11) is 0. The van der Waals surface area contributed by atoms with Crippen molar-refractivity contribution >= 4 is 50.8 Å². The van der Waals surface area contributed by atoms with Crippen LogP contribution >= 0.6 is 0 Å². The Balaban J connectivity index is 0.000000193. The third-order valence-electron chi connectivity index (χ3n) is 9.79. The van der Waals surface area contributed by atoms with Crippen molar-refractivity contribution < 1.29 is 30.0 Å². The maximum absolute atomic E-state index is 8.49. The Morgan fingerprint density at radius 3 is 2.27 bits per heavy atom. The van der Waals surface area contributed by atoms with Crippen LogP contribution in [0.25, 0.3) is 72.6 Å². The van der Waals surface area contributed by atoms with Crippen molar-refractivity contribution in [1.82, 2.24) is 19.5 Å². The predicted molar refractivity (Wildman–Crippen MR) is 231 cm³/mol. The molecule has 0 saturated heterocycles. The van der Waals surface area contributed by atoms with Gasteiger partial charge in [-0.3, -0.25) is 4.98 Å². The van der Waals surface area contributed by atoms with E-state index < -0.39 is 26.0 Å². The summed E-state index contributed by atoms with van der Waals surface area (Å²) in [6.07, 6.45) is 1.91. The number of aryl methyl sites for hydroxylation is 2. The van der Waals surface area contributed by atoms with Crippen LogP contribution in [0.5, 0.6) is 0 Å². The molecular formula is C49H44GeIrN4O-2. The Morgan fingerprint density at radius 2 is 1.55 bits per heavy atom. The molecule has 9 rings (SSSR count). The van der Waals surface area contributed by atoms with Gasteiger partial charge in [-0.15, -0.1) is 18.2 Å². The zero-order chi connectivity index (χ0) is 41.7. The van der Waals surface area contributed by atoms with E-state index in [4.69, 9.17) is 14.9 Å². The minimum absolute atomic E-state index is 0. The fraction of sp³-hybridized carbons (Fsp3) is 0.163.